The second-order valence-electron chi connectivity index (χ2n) is 5.02. The highest BCUT2D eigenvalue weighted by Crippen LogP contribution is 2.20. The summed E-state index contributed by atoms with van der Waals surface area (Å²) in [4.78, 5) is 11.6. The zero-order valence-corrected chi connectivity index (χ0v) is 9.62. The Morgan fingerprint density at radius 2 is 2.20 bits per heavy atom. The van der Waals surface area contributed by atoms with Crippen LogP contribution < -0.4 is 5.73 Å². The first-order chi connectivity index (χ1) is 6.89. The van der Waals surface area contributed by atoms with Crippen molar-refractivity contribution in [2.24, 2.45) is 11.1 Å². The van der Waals surface area contributed by atoms with Crippen molar-refractivity contribution < 1.29 is 9.21 Å². The minimum Gasteiger partial charge on any atom is -0.472 e. The SMILES string of the molecule is CC(C)(C)C(N)CC(=O)Cc1ccoc1. The summed E-state index contributed by atoms with van der Waals surface area (Å²) < 4.78 is 4.90. The Morgan fingerprint density at radius 3 is 2.67 bits per heavy atom. The molecule has 3 nitrogen and oxygen atoms in total. The Kier molecular flexibility index (Phi) is 3.69. The number of rotatable bonds is 4. The molecular weight excluding hydrogens is 190 g/mol. The van der Waals surface area contributed by atoms with E-state index in [-0.39, 0.29) is 17.2 Å². The highest BCUT2D eigenvalue weighted by molar-refractivity contribution is 5.81. The van der Waals surface area contributed by atoms with Crippen LogP contribution in [0.1, 0.15) is 32.8 Å². The van der Waals surface area contributed by atoms with Gasteiger partial charge in [-0.25, -0.2) is 0 Å². The Hall–Kier alpha value is -1.09. The number of furan rings is 1. The molecule has 0 aliphatic heterocycles. The van der Waals surface area contributed by atoms with Crippen LogP contribution in [0.4, 0.5) is 0 Å². The molecule has 0 saturated carbocycles. The predicted octanol–water partition coefficient (Wildman–Crippen LogP) is 2.15. The number of ketones is 1. The fourth-order valence-corrected chi connectivity index (χ4v) is 1.24. The van der Waals surface area contributed by atoms with Crippen molar-refractivity contribution in [1.29, 1.82) is 0 Å². The highest BCUT2D eigenvalue weighted by Gasteiger charge is 2.23. The average Bonchev–Trinajstić information content (AvgIpc) is 2.54. The lowest BCUT2D eigenvalue weighted by molar-refractivity contribution is -0.119. The topological polar surface area (TPSA) is 56.2 Å². The average molecular weight is 209 g/mol. The van der Waals surface area contributed by atoms with E-state index in [9.17, 15) is 4.79 Å². The van der Waals surface area contributed by atoms with E-state index in [1.54, 1.807) is 18.6 Å². The summed E-state index contributed by atoms with van der Waals surface area (Å²) in [7, 11) is 0. The maximum absolute atomic E-state index is 11.6. The number of hydrogen-bond donors (Lipinski definition) is 1. The first kappa shape index (κ1) is 12.0. The van der Waals surface area contributed by atoms with E-state index in [4.69, 9.17) is 10.2 Å². The summed E-state index contributed by atoms with van der Waals surface area (Å²) in [6, 6.07) is 1.72. The van der Waals surface area contributed by atoms with Crippen molar-refractivity contribution in [3.8, 4) is 0 Å². The van der Waals surface area contributed by atoms with Gasteiger partial charge in [-0.2, -0.15) is 0 Å². The summed E-state index contributed by atoms with van der Waals surface area (Å²) >= 11 is 0. The summed E-state index contributed by atoms with van der Waals surface area (Å²) in [6.07, 6.45) is 4.02. The Balaban J connectivity index is 2.43. The maximum Gasteiger partial charge on any atom is 0.138 e. The molecule has 84 valence electrons. The van der Waals surface area contributed by atoms with Gasteiger partial charge < -0.3 is 10.2 Å². The maximum atomic E-state index is 11.6. The van der Waals surface area contributed by atoms with Crippen LogP contribution in [0.5, 0.6) is 0 Å². The van der Waals surface area contributed by atoms with Gasteiger partial charge in [0.15, 0.2) is 0 Å². The molecule has 0 spiro atoms. The lowest BCUT2D eigenvalue weighted by Gasteiger charge is -2.26. The standard InChI is InChI=1S/C12H19NO2/c1-12(2,3)11(13)7-10(14)6-9-4-5-15-8-9/h4-5,8,11H,6-7,13H2,1-3H3. The van der Waals surface area contributed by atoms with E-state index in [1.165, 1.54) is 0 Å². The summed E-state index contributed by atoms with van der Waals surface area (Å²) in [5.74, 6) is 0.166. The molecule has 3 heteroatoms. The fourth-order valence-electron chi connectivity index (χ4n) is 1.24. The van der Waals surface area contributed by atoms with Crippen LogP contribution in [-0.4, -0.2) is 11.8 Å². The molecule has 0 aliphatic carbocycles. The van der Waals surface area contributed by atoms with Gasteiger partial charge in [0.05, 0.1) is 12.5 Å². The lowest BCUT2D eigenvalue weighted by atomic mass is 9.84. The molecule has 0 saturated heterocycles. The van der Waals surface area contributed by atoms with Crippen LogP contribution in [0.2, 0.25) is 0 Å². The molecule has 1 aromatic heterocycles. The molecule has 0 fully saturated rings. The van der Waals surface area contributed by atoms with Crippen molar-refractivity contribution in [3.63, 3.8) is 0 Å². The number of nitrogens with two attached hydrogens (primary N) is 1. The van der Waals surface area contributed by atoms with Gasteiger partial charge >= 0.3 is 0 Å². The predicted molar refractivity (Wildman–Crippen MR) is 59.5 cm³/mol. The van der Waals surface area contributed by atoms with Gasteiger partial charge in [0.2, 0.25) is 0 Å². The first-order valence-electron chi connectivity index (χ1n) is 5.18. The van der Waals surface area contributed by atoms with E-state index >= 15 is 0 Å². The molecule has 0 aliphatic rings. The molecule has 1 rings (SSSR count). The van der Waals surface area contributed by atoms with Crippen molar-refractivity contribution >= 4 is 5.78 Å². The molecule has 1 aromatic rings. The van der Waals surface area contributed by atoms with E-state index < -0.39 is 0 Å². The Labute approximate surface area is 90.6 Å². The van der Waals surface area contributed by atoms with Crippen molar-refractivity contribution in [2.75, 3.05) is 0 Å². The quantitative estimate of drug-likeness (QED) is 0.826. The first-order valence-corrected chi connectivity index (χ1v) is 5.18. The van der Waals surface area contributed by atoms with Crippen molar-refractivity contribution in [3.05, 3.63) is 24.2 Å². The molecule has 0 amide bonds. The van der Waals surface area contributed by atoms with E-state index in [0.29, 0.717) is 12.8 Å². The highest BCUT2D eigenvalue weighted by atomic mass is 16.3. The number of carbonyl (C=O) groups excluding carboxylic acids is 1. The van der Waals surface area contributed by atoms with Crippen LogP contribution in [0.15, 0.2) is 23.0 Å². The minimum atomic E-state index is -0.0862. The van der Waals surface area contributed by atoms with Gasteiger partial charge in [0.25, 0.3) is 0 Å². The monoisotopic (exact) mass is 209 g/mol. The molecule has 15 heavy (non-hydrogen) atoms. The number of hydrogen-bond acceptors (Lipinski definition) is 3. The van der Waals surface area contributed by atoms with Gasteiger partial charge in [-0.3, -0.25) is 4.79 Å². The van der Waals surface area contributed by atoms with Gasteiger partial charge in [0, 0.05) is 18.9 Å². The fraction of sp³-hybridized carbons (Fsp3) is 0.583. The molecule has 0 bridgehead atoms. The van der Waals surface area contributed by atoms with Crippen LogP contribution in [0.25, 0.3) is 0 Å². The number of carbonyl (C=O) groups is 1. The molecule has 1 atom stereocenters. The van der Waals surface area contributed by atoms with Crippen LogP contribution in [0.3, 0.4) is 0 Å². The Morgan fingerprint density at radius 1 is 1.53 bits per heavy atom. The van der Waals surface area contributed by atoms with E-state index in [0.717, 1.165) is 5.56 Å². The molecule has 0 radical (unpaired) electrons. The van der Waals surface area contributed by atoms with Gasteiger partial charge in [-0.15, -0.1) is 0 Å². The van der Waals surface area contributed by atoms with Crippen molar-refractivity contribution in [2.45, 2.75) is 39.7 Å². The summed E-state index contributed by atoms with van der Waals surface area (Å²) in [6.45, 7) is 6.13. The van der Waals surface area contributed by atoms with Crippen LogP contribution in [-0.2, 0) is 11.2 Å². The second kappa shape index (κ2) is 4.62. The third-order valence-corrected chi connectivity index (χ3v) is 2.54. The molecule has 0 aromatic carbocycles. The zero-order chi connectivity index (χ0) is 11.5. The van der Waals surface area contributed by atoms with Gasteiger partial charge in [0.1, 0.15) is 5.78 Å². The molecular formula is C12H19NO2. The number of Topliss-reactive ketones (excluding diaryl/α,β-unsaturated/α-hetero) is 1. The normalized spacial score (nSPS) is 13.9. The molecule has 2 N–H and O–H groups in total. The molecule has 1 unspecified atom stereocenters. The van der Waals surface area contributed by atoms with Crippen LogP contribution >= 0.6 is 0 Å². The lowest BCUT2D eigenvalue weighted by Crippen LogP contribution is -2.37. The Bertz CT molecular complexity index is 309. The second-order valence-corrected chi connectivity index (χ2v) is 5.02. The largest absolute Gasteiger partial charge is 0.472 e. The van der Waals surface area contributed by atoms with E-state index in [2.05, 4.69) is 0 Å². The van der Waals surface area contributed by atoms with Gasteiger partial charge in [-0.05, 0) is 17.0 Å². The minimum absolute atomic E-state index is 0.0218. The van der Waals surface area contributed by atoms with E-state index in [1.807, 2.05) is 20.8 Å². The smallest absolute Gasteiger partial charge is 0.138 e. The van der Waals surface area contributed by atoms with Crippen LogP contribution in [0, 0.1) is 5.41 Å². The summed E-state index contributed by atoms with van der Waals surface area (Å²) in [5.41, 5.74) is 6.83. The zero-order valence-electron chi connectivity index (χ0n) is 9.62. The van der Waals surface area contributed by atoms with Gasteiger partial charge in [-0.1, -0.05) is 20.8 Å². The van der Waals surface area contributed by atoms with Crippen molar-refractivity contribution in [1.82, 2.24) is 0 Å². The third-order valence-electron chi connectivity index (χ3n) is 2.54. The molecule has 1 heterocycles. The third kappa shape index (κ3) is 3.88. The summed E-state index contributed by atoms with van der Waals surface area (Å²) in [5, 5.41) is 0.